The van der Waals surface area contributed by atoms with Gasteiger partial charge in [-0.05, 0) is 46.2 Å². The zero-order valence-corrected chi connectivity index (χ0v) is 15.5. The van der Waals surface area contributed by atoms with Crippen molar-refractivity contribution in [1.29, 1.82) is 0 Å². The van der Waals surface area contributed by atoms with Crippen LogP contribution < -0.4 is 0 Å². The van der Waals surface area contributed by atoms with E-state index in [4.69, 9.17) is 4.74 Å². The Balaban J connectivity index is 1.84. The Labute approximate surface area is 160 Å². The van der Waals surface area contributed by atoms with Crippen molar-refractivity contribution in [2.24, 2.45) is 0 Å². The Bertz CT molecular complexity index is 1330. The Kier molecular flexibility index (Phi) is 3.69. The molecule has 0 aliphatic heterocycles. The summed E-state index contributed by atoms with van der Waals surface area (Å²) in [5.41, 5.74) is 2.50. The van der Waals surface area contributed by atoms with Crippen LogP contribution in [0.3, 0.4) is 0 Å². The summed E-state index contributed by atoms with van der Waals surface area (Å²) in [4.78, 5) is 12.2. The fourth-order valence-corrected chi connectivity index (χ4v) is 4.86. The van der Waals surface area contributed by atoms with Gasteiger partial charge >= 0.3 is 5.97 Å². The number of thiophene rings is 1. The Morgan fingerprint density at radius 2 is 1.59 bits per heavy atom. The van der Waals surface area contributed by atoms with Gasteiger partial charge in [-0.2, -0.15) is 0 Å². The number of ether oxygens (including phenoxy) is 1. The highest BCUT2D eigenvalue weighted by Crippen LogP contribution is 2.39. The third kappa shape index (κ3) is 2.51. The van der Waals surface area contributed by atoms with Crippen molar-refractivity contribution in [3.63, 3.8) is 0 Å². The zero-order valence-electron chi connectivity index (χ0n) is 14.7. The van der Waals surface area contributed by atoms with Gasteiger partial charge < -0.3 is 4.74 Å². The number of hydrogen-bond donors (Lipinski definition) is 0. The topological polar surface area (TPSA) is 26.3 Å². The van der Waals surface area contributed by atoms with E-state index in [0.717, 1.165) is 11.1 Å². The minimum atomic E-state index is -0.315. The first-order valence-corrected chi connectivity index (χ1v) is 9.59. The molecule has 1 heterocycles. The minimum Gasteiger partial charge on any atom is -0.465 e. The number of carbonyl (C=O) groups excluding carboxylic acids is 1. The van der Waals surface area contributed by atoms with E-state index in [0.29, 0.717) is 5.56 Å². The molecule has 0 bridgehead atoms. The number of benzene rings is 4. The second kappa shape index (κ2) is 6.22. The standard InChI is InChI=1S/C24H16O2S/c1-26-24(25)18-7-3-2-6-17(18)16-11-10-15-12-13-22-23(20(15)14-16)19-8-4-5-9-21(19)27-22/h2-14H,1H3. The molecule has 4 aromatic carbocycles. The van der Waals surface area contributed by atoms with E-state index in [9.17, 15) is 4.79 Å². The highest BCUT2D eigenvalue weighted by atomic mass is 32.1. The lowest BCUT2D eigenvalue weighted by Crippen LogP contribution is -2.03. The predicted molar refractivity (Wildman–Crippen MR) is 114 cm³/mol. The quantitative estimate of drug-likeness (QED) is 0.326. The molecule has 3 heteroatoms. The van der Waals surface area contributed by atoms with Gasteiger partial charge in [-0.3, -0.25) is 0 Å². The second-order valence-corrected chi connectivity index (χ2v) is 7.59. The highest BCUT2D eigenvalue weighted by Gasteiger charge is 2.14. The van der Waals surface area contributed by atoms with Gasteiger partial charge in [0.15, 0.2) is 0 Å². The fourth-order valence-electron chi connectivity index (χ4n) is 3.73. The summed E-state index contributed by atoms with van der Waals surface area (Å²) >= 11 is 1.82. The average molecular weight is 368 g/mol. The molecule has 0 unspecified atom stereocenters. The first-order valence-electron chi connectivity index (χ1n) is 8.78. The molecule has 0 N–H and O–H groups in total. The summed E-state index contributed by atoms with van der Waals surface area (Å²) in [6, 6.07) is 26.9. The monoisotopic (exact) mass is 368 g/mol. The number of methoxy groups -OCH3 is 1. The van der Waals surface area contributed by atoms with Gasteiger partial charge in [-0.25, -0.2) is 4.79 Å². The Hall–Kier alpha value is -3.17. The van der Waals surface area contributed by atoms with Crippen LogP contribution >= 0.6 is 11.3 Å². The lowest BCUT2D eigenvalue weighted by Gasteiger charge is -2.10. The molecule has 0 saturated heterocycles. The van der Waals surface area contributed by atoms with E-state index in [1.165, 1.54) is 38.1 Å². The maximum atomic E-state index is 12.2. The van der Waals surface area contributed by atoms with Gasteiger partial charge in [0.25, 0.3) is 0 Å². The van der Waals surface area contributed by atoms with Crippen molar-refractivity contribution in [2.75, 3.05) is 7.11 Å². The summed E-state index contributed by atoms with van der Waals surface area (Å²) in [7, 11) is 1.42. The van der Waals surface area contributed by atoms with E-state index in [-0.39, 0.29) is 5.97 Å². The molecule has 0 fully saturated rings. The van der Waals surface area contributed by atoms with Crippen molar-refractivity contribution >= 4 is 48.3 Å². The molecule has 0 radical (unpaired) electrons. The van der Waals surface area contributed by atoms with Crippen molar-refractivity contribution in [2.45, 2.75) is 0 Å². The van der Waals surface area contributed by atoms with Gasteiger partial charge in [0.05, 0.1) is 12.7 Å². The molecule has 2 nitrogen and oxygen atoms in total. The number of hydrogen-bond acceptors (Lipinski definition) is 3. The Morgan fingerprint density at radius 3 is 2.48 bits per heavy atom. The first-order chi connectivity index (χ1) is 13.3. The second-order valence-electron chi connectivity index (χ2n) is 6.51. The molecule has 5 aromatic rings. The molecular formula is C24H16O2S. The summed E-state index contributed by atoms with van der Waals surface area (Å²) in [5, 5.41) is 4.97. The first kappa shape index (κ1) is 16.0. The molecule has 27 heavy (non-hydrogen) atoms. The smallest absolute Gasteiger partial charge is 0.338 e. The van der Waals surface area contributed by atoms with E-state index >= 15 is 0 Å². The van der Waals surface area contributed by atoms with E-state index in [1.807, 2.05) is 35.6 Å². The minimum absolute atomic E-state index is 0.315. The van der Waals surface area contributed by atoms with Crippen LogP contribution in [0.5, 0.6) is 0 Å². The normalized spacial score (nSPS) is 11.3. The molecule has 0 aliphatic carbocycles. The van der Waals surface area contributed by atoms with E-state index < -0.39 is 0 Å². The largest absolute Gasteiger partial charge is 0.465 e. The lowest BCUT2D eigenvalue weighted by molar-refractivity contribution is 0.0601. The van der Waals surface area contributed by atoms with Gasteiger partial charge in [0, 0.05) is 20.2 Å². The van der Waals surface area contributed by atoms with Crippen molar-refractivity contribution in [3.05, 3.63) is 84.4 Å². The molecule has 0 aliphatic rings. The maximum absolute atomic E-state index is 12.2. The molecular weight excluding hydrogens is 352 g/mol. The summed E-state index contributed by atoms with van der Waals surface area (Å²) in [5.74, 6) is -0.315. The van der Waals surface area contributed by atoms with Crippen LogP contribution in [-0.4, -0.2) is 13.1 Å². The zero-order chi connectivity index (χ0) is 18.4. The van der Waals surface area contributed by atoms with Crippen LogP contribution in [0.4, 0.5) is 0 Å². The molecule has 0 spiro atoms. The van der Waals surface area contributed by atoms with Gasteiger partial charge in [-0.15, -0.1) is 11.3 Å². The molecule has 5 rings (SSSR count). The fraction of sp³-hybridized carbons (Fsp3) is 0.0417. The van der Waals surface area contributed by atoms with Gasteiger partial charge in [-0.1, -0.05) is 54.6 Å². The van der Waals surface area contributed by atoms with E-state index in [1.54, 1.807) is 0 Å². The van der Waals surface area contributed by atoms with Gasteiger partial charge in [0.2, 0.25) is 0 Å². The van der Waals surface area contributed by atoms with Gasteiger partial charge in [0.1, 0.15) is 0 Å². The predicted octanol–water partition coefficient (Wildman–Crippen LogP) is 6.66. The van der Waals surface area contributed by atoms with Crippen LogP contribution in [0.15, 0.2) is 78.9 Å². The molecule has 0 atom stereocenters. The molecule has 0 saturated carbocycles. The molecule has 0 amide bonds. The SMILES string of the molecule is COC(=O)c1ccccc1-c1ccc2ccc3sc4ccccc4c3c2c1. The van der Waals surface area contributed by atoms with Crippen molar-refractivity contribution in [1.82, 2.24) is 0 Å². The number of rotatable bonds is 2. The number of esters is 1. The third-order valence-electron chi connectivity index (χ3n) is 5.00. The molecule has 1 aromatic heterocycles. The van der Waals surface area contributed by atoms with Crippen LogP contribution in [0, 0.1) is 0 Å². The van der Waals surface area contributed by atoms with E-state index in [2.05, 4.69) is 54.6 Å². The van der Waals surface area contributed by atoms with Crippen LogP contribution in [0.25, 0.3) is 42.1 Å². The maximum Gasteiger partial charge on any atom is 0.338 e. The average Bonchev–Trinajstić information content (AvgIpc) is 3.12. The summed E-state index contributed by atoms with van der Waals surface area (Å²) < 4.78 is 7.54. The molecule has 130 valence electrons. The Morgan fingerprint density at radius 1 is 0.815 bits per heavy atom. The lowest BCUT2D eigenvalue weighted by atomic mass is 9.95. The van der Waals surface area contributed by atoms with Crippen molar-refractivity contribution < 1.29 is 9.53 Å². The number of fused-ring (bicyclic) bond motifs is 5. The summed E-state index contributed by atoms with van der Waals surface area (Å²) in [6.45, 7) is 0. The van der Waals surface area contributed by atoms with Crippen LogP contribution in [-0.2, 0) is 4.74 Å². The van der Waals surface area contributed by atoms with Crippen LogP contribution in [0.1, 0.15) is 10.4 Å². The van der Waals surface area contributed by atoms with Crippen molar-refractivity contribution in [3.8, 4) is 11.1 Å². The number of carbonyl (C=O) groups is 1. The van der Waals surface area contributed by atoms with Crippen LogP contribution in [0.2, 0.25) is 0 Å². The summed E-state index contributed by atoms with van der Waals surface area (Å²) in [6.07, 6.45) is 0. The third-order valence-corrected chi connectivity index (χ3v) is 6.14. The highest BCUT2D eigenvalue weighted by molar-refractivity contribution is 7.26.